The van der Waals surface area contributed by atoms with Gasteiger partial charge in [0.1, 0.15) is 16.6 Å². The highest BCUT2D eigenvalue weighted by molar-refractivity contribution is 5.88. The average molecular weight is 967 g/mol. The Morgan fingerprint density at radius 1 is 0.343 bits per heavy atom. The van der Waals surface area contributed by atoms with Crippen LogP contribution in [0, 0.1) is 0 Å². The van der Waals surface area contributed by atoms with Crippen LogP contribution in [0.25, 0.3) is 101 Å². The molecule has 6 nitrogen and oxygen atoms in total. The molecule has 4 heterocycles. The van der Waals surface area contributed by atoms with Crippen molar-refractivity contribution in [3.8, 4) is 78.9 Å². The number of para-hydroxylation sites is 2. The van der Waals surface area contributed by atoms with Gasteiger partial charge >= 0.3 is 24.7 Å². The van der Waals surface area contributed by atoms with Crippen molar-refractivity contribution < 1.29 is 61.5 Å². The van der Waals surface area contributed by atoms with Gasteiger partial charge in [-0.15, -0.1) is 0 Å². The van der Waals surface area contributed by atoms with Crippen LogP contribution in [-0.4, -0.2) is 19.9 Å². The first-order chi connectivity index (χ1) is 33.2. The van der Waals surface area contributed by atoms with Gasteiger partial charge in [-0.3, -0.25) is 4.98 Å². The molecule has 0 aliphatic heterocycles. The van der Waals surface area contributed by atoms with Crippen molar-refractivity contribution in [1.82, 2.24) is 19.9 Å². The Bertz CT molecular complexity index is 3460. The van der Waals surface area contributed by atoms with Crippen molar-refractivity contribution in [2.45, 2.75) is 24.7 Å². The molecule has 0 aliphatic rings. The maximum Gasteiger partial charge on any atom is 0.420 e. The molecule has 0 saturated heterocycles. The van der Waals surface area contributed by atoms with Crippen LogP contribution >= 0.6 is 0 Å². The molecule has 0 N–H and O–H groups in total. The number of alkyl halides is 12. The molecule has 0 bridgehead atoms. The number of halogens is 12. The van der Waals surface area contributed by atoms with Gasteiger partial charge in [-0.05, 0) is 88.5 Å². The summed E-state index contributed by atoms with van der Waals surface area (Å²) in [7, 11) is 0. The van der Waals surface area contributed by atoms with E-state index in [1.54, 1.807) is 36.5 Å². The lowest BCUT2D eigenvalue weighted by atomic mass is 9.92. The predicted octanol–water partition coefficient (Wildman–Crippen LogP) is 16.5. The number of pyridine rings is 2. The van der Waals surface area contributed by atoms with E-state index >= 15 is 0 Å². The maximum absolute atomic E-state index is 14.2. The molecule has 0 amide bonds. The standard InChI is InChI=1S/C52H26F12N4O2/c53-49(54,55)40-41(50(56,57)58)43(52(62,63)64)46-45(42(40)51(59,60)61)68-48(70-46)34-22-14-29(15-23-34)27-8-16-31(17-9-27)35-24-25-37(36-5-3-4-26-65-36)66-44(35)32-18-10-28(11-19-32)30-12-20-33(21-13-30)47-67-38-6-1-2-7-39(38)69-47/h1-26H. The molecule has 10 aromatic rings. The van der Waals surface area contributed by atoms with Crippen LogP contribution in [0.5, 0.6) is 0 Å². The van der Waals surface area contributed by atoms with E-state index < -0.39 is 63.9 Å². The van der Waals surface area contributed by atoms with E-state index in [0.29, 0.717) is 39.7 Å². The Labute approximate surface area is 386 Å². The largest absolute Gasteiger partial charge is 0.436 e. The first kappa shape index (κ1) is 45.5. The van der Waals surface area contributed by atoms with Gasteiger partial charge < -0.3 is 8.83 Å². The number of oxazole rings is 2. The van der Waals surface area contributed by atoms with Crippen LogP contribution in [0.15, 0.2) is 167 Å². The third kappa shape index (κ3) is 8.49. The first-order valence-corrected chi connectivity index (χ1v) is 20.7. The van der Waals surface area contributed by atoms with Crippen molar-refractivity contribution >= 4 is 22.2 Å². The molecular formula is C52H26F12N4O2. The zero-order valence-corrected chi connectivity index (χ0v) is 35.2. The van der Waals surface area contributed by atoms with Gasteiger partial charge in [0.2, 0.25) is 11.8 Å². The molecule has 70 heavy (non-hydrogen) atoms. The zero-order valence-electron chi connectivity index (χ0n) is 35.2. The highest BCUT2D eigenvalue weighted by Crippen LogP contribution is 2.55. The van der Waals surface area contributed by atoms with Crippen LogP contribution in [-0.2, 0) is 24.7 Å². The predicted molar refractivity (Wildman–Crippen MR) is 235 cm³/mol. The van der Waals surface area contributed by atoms with Gasteiger partial charge in [0.15, 0.2) is 11.2 Å². The Morgan fingerprint density at radius 3 is 1.30 bits per heavy atom. The summed E-state index contributed by atoms with van der Waals surface area (Å²) in [5, 5.41) is 0. The third-order valence-corrected chi connectivity index (χ3v) is 11.4. The van der Waals surface area contributed by atoms with Crippen LogP contribution in [0.3, 0.4) is 0 Å². The van der Waals surface area contributed by atoms with Gasteiger partial charge in [-0.1, -0.05) is 91.0 Å². The quantitative estimate of drug-likeness (QED) is 0.148. The fourth-order valence-electron chi connectivity index (χ4n) is 8.22. The lowest BCUT2D eigenvalue weighted by molar-refractivity contribution is -0.181. The van der Waals surface area contributed by atoms with E-state index in [4.69, 9.17) is 13.8 Å². The van der Waals surface area contributed by atoms with Crippen molar-refractivity contribution in [2.24, 2.45) is 0 Å². The normalized spacial score (nSPS) is 12.6. The van der Waals surface area contributed by atoms with Crippen LogP contribution < -0.4 is 0 Å². The second-order valence-electron chi connectivity index (χ2n) is 15.8. The fourth-order valence-corrected chi connectivity index (χ4v) is 8.22. The first-order valence-electron chi connectivity index (χ1n) is 20.7. The molecule has 0 saturated carbocycles. The Hall–Kier alpha value is -8.28. The molecule has 6 aromatic carbocycles. The van der Waals surface area contributed by atoms with Crippen molar-refractivity contribution in [3.63, 3.8) is 0 Å². The van der Waals surface area contributed by atoms with E-state index in [1.807, 2.05) is 97.1 Å². The second kappa shape index (κ2) is 16.7. The summed E-state index contributed by atoms with van der Waals surface area (Å²) in [6.07, 6.45) is -23.9. The Morgan fingerprint density at radius 2 is 0.800 bits per heavy atom. The third-order valence-electron chi connectivity index (χ3n) is 11.4. The molecule has 0 unspecified atom stereocenters. The molecule has 350 valence electrons. The highest BCUT2D eigenvalue weighted by Gasteiger charge is 2.57. The van der Waals surface area contributed by atoms with E-state index in [1.165, 1.54) is 12.1 Å². The molecular weight excluding hydrogens is 941 g/mol. The van der Waals surface area contributed by atoms with Crippen LogP contribution in [0.4, 0.5) is 52.7 Å². The van der Waals surface area contributed by atoms with E-state index in [-0.39, 0.29) is 5.56 Å². The van der Waals surface area contributed by atoms with Gasteiger partial charge in [0, 0.05) is 28.5 Å². The molecule has 10 rings (SSSR count). The molecule has 18 heteroatoms. The van der Waals surface area contributed by atoms with Gasteiger partial charge in [0.25, 0.3) is 0 Å². The van der Waals surface area contributed by atoms with Crippen LogP contribution in [0.1, 0.15) is 22.3 Å². The number of hydrogen-bond donors (Lipinski definition) is 0. The summed E-state index contributed by atoms with van der Waals surface area (Å²) in [4.78, 5) is 17.4. The molecule has 4 aromatic heterocycles. The van der Waals surface area contributed by atoms with Crippen molar-refractivity contribution in [2.75, 3.05) is 0 Å². The summed E-state index contributed by atoms with van der Waals surface area (Å²) >= 11 is 0. The topological polar surface area (TPSA) is 77.8 Å². The lowest BCUT2D eigenvalue weighted by Gasteiger charge is -2.24. The zero-order chi connectivity index (χ0) is 49.3. The van der Waals surface area contributed by atoms with E-state index in [9.17, 15) is 52.7 Å². The molecule has 0 aliphatic carbocycles. The SMILES string of the molecule is FC(F)(F)c1c(C(F)(F)F)c(C(F)(F)F)c2oc(-c3ccc(-c4ccc(-c5ccc(-c6ccccn6)nc5-c5ccc(-c6ccc(-c7nc8ccccc8o7)cc6)cc5)cc4)cc3)nc2c1C(F)(F)F. The number of hydrogen-bond acceptors (Lipinski definition) is 6. The molecule has 0 radical (unpaired) electrons. The summed E-state index contributed by atoms with van der Waals surface area (Å²) in [6, 6.07) is 44.4. The smallest absolute Gasteiger partial charge is 0.420 e. The summed E-state index contributed by atoms with van der Waals surface area (Å²) in [5.41, 5.74) is -8.59. The molecule has 0 fully saturated rings. The minimum Gasteiger partial charge on any atom is -0.436 e. The van der Waals surface area contributed by atoms with E-state index in [2.05, 4.69) is 15.0 Å². The molecule has 0 atom stereocenters. The maximum atomic E-state index is 14.2. The van der Waals surface area contributed by atoms with Crippen molar-refractivity contribution in [1.29, 1.82) is 0 Å². The number of aromatic nitrogens is 4. The summed E-state index contributed by atoms with van der Waals surface area (Å²) in [6.45, 7) is 0. The number of rotatable bonds is 7. The highest BCUT2D eigenvalue weighted by atomic mass is 19.4. The van der Waals surface area contributed by atoms with Gasteiger partial charge in [0.05, 0.1) is 33.8 Å². The van der Waals surface area contributed by atoms with Gasteiger partial charge in [-0.2, -0.15) is 52.7 Å². The molecule has 0 spiro atoms. The summed E-state index contributed by atoms with van der Waals surface area (Å²) in [5.74, 6) is -0.580. The number of fused-ring (bicyclic) bond motifs is 2. The van der Waals surface area contributed by atoms with E-state index in [0.717, 1.165) is 51.0 Å². The lowest BCUT2D eigenvalue weighted by Crippen LogP contribution is -2.27. The van der Waals surface area contributed by atoms with Gasteiger partial charge in [-0.25, -0.2) is 15.0 Å². The van der Waals surface area contributed by atoms with Crippen molar-refractivity contribution in [3.05, 3.63) is 180 Å². The Balaban J connectivity index is 0.967. The summed E-state index contributed by atoms with van der Waals surface area (Å²) < 4.78 is 180. The minimum absolute atomic E-state index is 0.341. The Kier molecular flexibility index (Phi) is 10.9. The number of benzene rings is 6. The van der Waals surface area contributed by atoms with Crippen LogP contribution in [0.2, 0.25) is 0 Å². The second-order valence-corrected chi connectivity index (χ2v) is 15.8. The number of nitrogens with zero attached hydrogens (tertiary/aromatic N) is 4. The average Bonchev–Trinajstić information content (AvgIpc) is 3.98. The monoisotopic (exact) mass is 966 g/mol. The fraction of sp³-hybridized carbons (Fsp3) is 0.0769. The minimum atomic E-state index is -6.55.